The molecule has 38 heavy (non-hydrogen) atoms. The number of hydrogen-bond acceptors (Lipinski definition) is 3. The van der Waals surface area contributed by atoms with Crippen molar-refractivity contribution in [2.75, 3.05) is 6.54 Å². The first-order chi connectivity index (χ1) is 18.4. The van der Waals surface area contributed by atoms with Crippen LogP contribution in [0, 0.1) is 26.2 Å². The number of amides is 1. The third-order valence-corrected chi connectivity index (χ3v) is 7.06. The molecule has 2 heterocycles. The van der Waals surface area contributed by atoms with E-state index in [4.69, 9.17) is 0 Å². The summed E-state index contributed by atoms with van der Waals surface area (Å²) in [6.45, 7) is 7.02. The maximum Gasteiger partial charge on any atom is 0.270 e. The average molecular weight is 504 g/mol. The first-order valence-electron chi connectivity index (χ1n) is 13.0. The van der Waals surface area contributed by atoms with Crippen molar-refractivity contribution in [3.05, 3.63) is 130 Å². The Morgan fingerprint density at radius 1 is 0.842 bits per heavy atom. The predicted molar refractivity (Wildman–Crippen MR) is 151 cm³/mol. The van der Waals surface area contributed by atoms with Gasteiger partial charge in [0.1, 0.15) is 5.69 Å². The molecule has 0 bridgehead atoms. The summed E-state index contributed by atoms with van der Waals surface area (Å²) in [4.78, 5) is 17.4. The van der Waals surface area contributed by atoms with E-state index >= 15 is 0 Å². The molecule has 2 aromatic heterocycles. The molecule has 0 aliphatic heterocycles. The summed E-state index contributed by atoms with van der Waals surface area (Å²) < 4.78 is 4.11. The van der Waals surface area contributed by atoms with Crippen LogP contribution in [0.4, 0.5) is 0 Å². The molecule has 6 nitrogen and oxygen atoms in total. The second-order valence-corrected chi connectivity index (χ2v) is 9.98. The van der Waals surface area contributed by atoms with Gasteiger partial charge >= 0.3 is 0 Å². The van der Waals surface area contributed by atoms with Crippen molar-refractivity contribution in [3.8, 4) is 0 Å². The van der Waals surface area contributed by atoms with Crippen LogP contribution in [0.1, 0.15) is 44.3 Å². The molecule has 0 spiro atoms. The highest BCUT2D eigenvalue weighted by molar-refractivity contribution is 5.93. The van der Waals surface area contributed by atoms with Crippen molar-refractivity contribution in [2.24, 2.45) is 0 Å². The summed E-state index contributed by atoms with van der Waals surface area (Å²) in [5.41, 5.74) is 8.37. The minimum absolute atomic E-state index is 0.164. The van der Waals surface area contributed by atoms with E-state index in [0.717, 1.165) is 27.7 Å². The van der Waals surface area contributed by atoms with Gasteiger partial charge in [-0.05, 0) is 62.1 Å². The smallest absolute Gasteiger partial charge is 0.270 e. The van der Waals surface area contributed by atoms with Crippen molar-refractivity contribution < 1.29 is 4.79 Å². The van der Waals surface area contributed by atoms with E-state index in [1.54, 1.807) is 6.20 Å². The number of nitrogens with zero attached hydrogens (tertiary/aromatic N) is 3. The average Bonchev–Trinajstić information content (AvgIpc) is 3.20. The van der Waals surface area contributed by atoms with Gasteiger partial charge in [-0.25, -0.2) is 0 Å². The number of rotatable bonds is 8. The molecule has 0 aliphatic rings. The van der Waals surface area contributed by atoms with Crippen LogP contribution in [0.5, 0.6) is 0 Å². The first-order valence-corrected chi connectivity index (χ1v) is 13.0. The highest BCUT2D eigenvalue weighted by Gasteiger charge is 2.21. The van der Waals surface area contributed by atoms with Gasteiger partial charge in [-0.1, -0.05) is 77.9 Å². The summed E-state index contributed by atoms with van der Waals surface area (Å²) in [7, 11) is 0. The van der Waals surface area contributed by atoms with Gasteiger partial charge in [0.15, 0.2) is 0 Å². The summed E-state index contributed by atoms with van der Waals surface area (Å²) >= 11 is 0. The van der Waals surface area contributed by atoms with Crippen LogP contribution >= 0.6 is 0 Å². The lowest BCUT2D eigenvalue weighted by Gasteiger charge is -2.21. The molecule has 2 N–H and O–H groups in total. The number of para-hydroxylation sites is 2. The normalized spacial score (nSPS) is 12.0. The van der Waals surface area contributed by atoms with Crippen molar-refractivity contribution in [3.63, 3.8) is 0 Å². The number of imidazole rings is 1. The van der Waals surface area contributed by atoms with E-state index < -0.39 is 0 Å². The molecule has 0 saturated carbocycles. The topological polar surface area (TPSA) is 75.7 Å². The molecular weight excluding hydrogens is 470 g/mol. The molecular formula is C32H33N5O. The van der Waals surface area contributed by atoms with E-state index in [-0.39, 0.29) is 11.9 Å². The van der Waals surface area contributed by atoms with Crippen molar-refractivity contribution in [1.29, 1.82) is 5.41 Å². The Labute approximate surface area is 223 Å². The van der Waals surface area contributed by atoms with E-state index in [9.17, 15) is 10.2 Å². The quantitative estimate of drug-likeness (QED) is 0.293. The molecule has 1 amide bonds. The molecule has 3 aromatic carbocycles. The Hall–Kier alpha value is -4.45. The van der Waals surface area contributed by atoms with Crippen molar-refractivity contribution >= 4 is 16.9 Å². The van der Waals surface area contributed by atoms with Gasteiger partial charge in [0.25, 0.3) is 5.91 Å². The number of aromatic nitrogens is 3. The van der Waals surface area contributed by atoms with Gasteiger partial charge in [0, 0.05) is 12.7 Å². The largest absolute Gasteiger partial charge is 0.349 e. The lowest BCUT2D eigenvalue weighted by Crippen LogP contribution is -2.37. The highest BCUT2D eigenvalue weighted by atomic mass is 16.1. The first kappa shape index (κ1) is 25.2. The summed E-state index contributed by atoms with van der Waals surface area (Å²) in [6, 6.07) is 28.6. The number of carbonyl (C=O) groups is 1. The second kappa shape index (κ2) is 10.9. The second-order valence-electron chi connectivity index (χ2n) is 9.98. The SMILES string of the molecule is Cc1ccc(C[C@@H](CNC(=O)c2ncccc2C)n2c(=N)n(Cc3ccc(C)cc3)c3ccccc32)cc1. The number of nitrogens with one attached hydrogen (secondary N) is 2. The lowest BCUT2D eigenvalue weighted by atomic mass is 10.0. The van der Waals surface area contributed by atoms with E-state index in [0.29, 0.717) is 30.8 Å². The van der Waals surface area contributed by atoms with Crippen molar-refractivity contribution in [2.45, 2.75) is 39.8 Å². The minimum Gasteiger partial charge on any atom is -0.349 e. The Balaban J connectivity index is 1.54. The molecule has 0 unspecified atom stereocenters. The van der Waals surface area contributed by atoms with E-state index in [1.165, 1.54) is 11.1 Å². The molecule has 1 atom stereocenters. The standard InChI is InChI=1S/C32H33N5O/c1-22-10-14-25(15-11-22)19-27(20-35-31(38)30-24(3)7-6-18-34-30)37-29-9-5-4-8-28(29)36(32(37)33)21-26-16-12-23(2)13-17-26/h4-18,27,33H,19-21H2,1-3H3,(H,35,38)/t27-/m0/s1. The summed E-state index contributed by atoms with van der Waals surface area (Å²) in [5, 5.41) is 12.4. The van der Waals surface area contributed by atoms with Gasteiger partial charge < -0.3 is 14.5 Å². The van der Waals surface area contributed by atoms with E-state index in [1.807, 2.05) is 35.8 Å². The Bertz CT molecular complexity index is 1630. The number of pyridine rings is 1. The maximum absolute atomic E-state index is 13.1. The molecule has 192 valence electrons. The highest BCUT2D eigenvalue weighted by Crippen LogP contribution is 2.22. The van der Waals surface area contributed by atoms with Crippen LogP contribution in [0.15, 0.2) is 91.1 Å². The molecule has 5 aromatic rings. The van der Waals surface area contributed by atoms with E-state index in [2.05, 4.69) is 89.4 Å². The van der Waals surface area contributed by atoms with Gasteiger partial charge in [-0.2, -0.15) is 0 Å². The number of carbonyl (C=O) groups excluding carboxylic acids is 1. The molecule has 6 heteroatoms. The van der Waals surface area contributed by atoms with Crippen LogP contribution in [-0.4, -0.2) is 26.6 Å². The van der Waals surface area contributed by atoms with Gasteiger partial charge in [-0.3, -0.25) is 15.2 Å². The number of hydrogen-bond donors (Lipinski definition) is 2. The molecule has 0 fully saturated rings. The summed E-state index contributed by atoms with van der Waals surface area (Å²) in [6.07, 6.45) is 2.32. The summed E-state index contributed by atoms with van der Waals surface area (Å²) in [5.74, 6) is -0.201. The fourth-order valence-corrected chi connectivity index (χ4v) is 4.93. The van der Waals surface area contributed by atoms with Crippen LogP contribution in [0.2, 0.25) is 0 Å². The Morgan fingerprint density at radius 2 is 1.47 bits per heavy atom. The Kier molecular flexibility index (Phi) is 7.22. The predicted octanol–water partition coefficient (Wildman–Crippen LogP) is 5.50. The molecule has 0 aliphatic carbocycles. The molecule has 5 rings (SSSR count). The van der Waals surface area contributed by atoms with Crippen LogP contribution < -0.4 is 10.9 Å². The third-order valence-electron chi connectivity index (χ3n) is 7.06. The number of fused-ring (bicyclic) bond motifs is 1. The van der Waals surface area contributed by atoms with Crippen molar-refractivity contribution in [1.82, 2.24) is 19.4 Å². The van der Waals surface area contributed by atoms with Gasteiger partial charge in [0.2, 0.25) is 5.62 Å². The zero-order valence-corrected chi connectivity index (χ0v) is 22.1. The van der Waals surface area contributed by atoms with Crippen LogP contribution in [0.25, 0.3) is 11.0 Å². The van der Waals surface area contributed by atoms with Crippen LogP contribution in [0.3, 0.4) is 0 Å². The van der Waals surface area contributed by atoms with Gasteiger partial charge in [-0.15, -0.1) is 0 Å². The van der Waals surface area contributed by atoms with Gasteiger partial charge in [0.05, 0.1) is 23.6 Å². The molecule has 0 saturated heterocycles. The minimum atomic E-state index is -0.201. The third kappa shape index (κ3) is 5.30. The fourth-order valence-electron chi connectivity index (χ4n) is 4.93. The fraction of sp³-hybridized carbons (Fsp3) is 0.219. The monoisotopic (exact) mass is 503 g/mol. The number of aryl methyl sites for hydroxylation is 3. The lowest BCUT2D eigenvalue weighted by molar-refractivity contribution is 0.0941. The zero-order chi connectivity index (χ0) is 26.6. The zero-order valence-electron chi connectivity index (χ0n) is 22.1. The number of benzene rings is 3. The Morgan fingerprint density at radius 3 is 2.13 bits per heavy atom. The van der Waals surface area contributed by atoms with Crippen LogP contribution in [-0.2, 0) is 13.0 Å². The maximum atomic E-state index is 13.1. The molecule has 0 radical (unpaired) electrons.